The molecule has 0 fully saturated rings. The number of hydrogen-bond acceptors (Lipinski definition) is 4. The molecule has 0 atom stereocenters. The average molecular weight is 274 g/mol. The minimum Gasteiger partial charge on any atom is -0.366 e. The highest BCUT2D eigenvalue weighted by molar-refractivity contribution is 8.71. The maximum absolute atomic E-state index is 11.6. The van der Waals surface area contributed by atoms with Crippen LogP contribution in [0.1, 0.15) is 23.7 Å². The number of nitrogens with one attached hydrogen (secondary N) is 1. The average Bonchev–Trinajstić information content (AvgIpc) is 2.26. The summed E-state index contributed by atoms with van der Waals surface area (Å²) in [4.78, 5) is 11.4. The first-order valence-corrected chi connectivity index (χ1v) is 7.85. The van der Waals surface area contributed by atoms with Crippen LogP contribution in [0, 0.1) is 0 Å². The van der Waals surface area contributed by atoms with Crippen LogP contribution in [0.5, 0.6) is 0 Å². The fourth-order valence-corrected chi connectivity index (χ4v) is 3.66. The molecule has 0 bridgehead atoms. The fourth-order valence-electron chi connectivity index (χ4n) is 1.08. The monoisotopic (exact) mass is 274 g/mol. The number of primary amides is 1. The van der Waals surface area contributed by atoms with E-state index in [9.17, 15) is 13.2 Å². The first-order valence-electron chi connectivity index (χ1n) is 5.03. The predicted octanol–water partition coefficient (Wildman–Crippen LogP) is 1.12. The van der Waals surface area contributed by atoms with Gasteiger partial charge >= 0.3 is 0 Å². The number of amides is 1. The van der Waals surface area contributed by atoms with Crippen LogP contribution in [0.4, 0.5) is 0 Å². The van der Waals surface area contributed by atoms with Crippen molar-refractivity contribution in [1.29, 1.82) is 0 Å². The number of carbonyl (C=O) groups is 1. The summed E-state index contributed by atoms with van der Waals surface area (Å²) in [5.41, 5.74) is 5.41. The summed E-state index contributed by atoms with van der Waals surface area (Å²) in [5.74, 6) is -0.577. The van der Waals surface area contributed by atoms with Gasteiger partial charge in [0.2, 0.25) is 5.91 Å². The molecule has 5 nitrogen and oxygen atoms in total. The number of hydrogen-bond donors (Lipinski definition) is 2. The third-order valence-corrected chi connectivity index (χ3v) is 4.67. The zero-order valence-electron chi connectivity index (χ0n) is 9.34. The van der Waals surface area contributed by atoms with Gasteiger partial charge in [0.25, 0.3) is 9.06 Å². The molecule has 7 heteroatoms. The summed E-state index contributed by atoms with van der Waals surface area (Å²) in [6, 6.07) is 6.21. The predicted molar refractivity (Wildman–Crippen MR) is 68.0 cm³/mol. The van der Waals surface area contributed by atoms with Crippen LogP contribution in [0.3, 0.4) is 0 Å². The van der Waals surface area contributed by atoms with Gasteiger partial charge in [0.05, 0.1) is 0 Å². The van der Waals surface area contributed by atoms with Crippen LogP contribution in [0.25, 0.3) is 0 Å². The van der Waals surface area contributed by atoms with Gasteiger partial charge in [0.15, 0.2) is 0 Å². The zero-order chi connectivity index (χ0) is 12.9. The van der Waals surface area contributed by atoms with Gasteiger partial charge in [-0.15, -0.1) is 0 Å². The van der Waals surface area contributed by atoms with E-state index in [1.54, 1.807) is 18.2 Å². The van der Waals surface area contributed by atoms with Gasteiger partial charge in [0.1, 0.15) is 0 Å². The Bertz CT molecular complexity index is 500. The summed E-state index contributed by atoms with van der Waals surface area (Å²) in [5, 5.41) is 0. The Balaban J connectivity index is 2.81. The number of benzene rings is 1. The molecular weight excluding hydrogens is 260 g/mol. The third kappa shape index (κ3) is 4.76. The van der Waals surface area contributed by atoms with Crippen molar-refractivity contribution < 1.29 is 13.2 Å². The second kappa shape index (κ2) is 6.04. The largest absolute Gasteiger partial charge is 0.366 e. The van der Waals surface area contributed by atoms with Crippen LogP contribution in [-0.2, 0) is 9.06 Å². The summed E-state index contributed by atoms with van der Waals surface area (Å²) in [7, 11) is -2.75. The zero-order valence-corrected chi connectivity index (χ0v) is 11.0. The molecular formula is C10H14N2O3S2. The fraction of sp³-hybridized carbons (Fsp3) is 0.300. The van der Waals surface area contributed by atoms with E-state index in [0.29, 0.717) is 27.8 Å². The highest BCUT2D eigenvalue weighted by atomic mass is 33.1. The van der Waals surface area contributed by atoms with Crippen molar-refractivity contribution in [2.75, 3.05) is 6.54 Å². The quantitative estimate of drug-likeness (QED) is 0.761. The van der Waals surface area contributed by atoms with Gasteiger partial charge in [-0.2, -0.15) is 0 Å². The topological polar surface area (TPSA) is 89.3 Å². The molecule has 3 N–H and O–H groups in total. The maximum atomic E-state index is 11.6. The lowest BCUT2D eigenvalue weighted by Crippen LogP contribution is -2.20. The Morgan fingerprint density at radius 3 is 2.76 bits per heavy atom. The van der Waals surface area contributed by atoms with E-state index in [0.717, 1.165) is 6.42 Å². The van der Waals surface area contributed by atoms with Crippen LogP contribution in [0.15, 0.2) is 29.2 Å². The smallest absolute Gasteiger partial charge is 0.269 e. The number of carbonyl (C=O) groups excluding carboxylic acids is 1. The molecule has 94 valence electrons. The molecule has 17 heavy (non-hydrogen) atoms. The van der Waals surface area contributed by atoms with Crippen molar-refractivity contribution in [3.63, 3.8) is 0 Å². The first-order chi connectivity index (χ1) is 7.94. The summed E-state index contributed by atoms with van der Waals surface area (Å²) in [6.07, 6.45) is 0.723. The van der Waals surface area contributed by atoms with Crippen molar-refractivity contribution >= 4 is 25.8 Å². The van der Waals surface area contributed by atoms with Crippen molar-refractivity contribution in [2.24, 2.45) is 5.73 Å². The van der Waals surface area contributed by atoms with Gasteiger partial charge in [-0.05, 0) is 24.6 Å². The van der Waals surface area contributed by atoms with E-state index >= 15 is 0 Å². The Labute approximate surface area is 104 Å². The van der Waals surface area contributed by atoms with Crippen molar-refractivity contribution in [2.45, 2.75) is 18.2 Å². The van der Waals surface area contributed by atoms with Crippen molar-refractivity contribution in [1.82, 2.24) is 4.72 Å². The van der Waals surface area contributed by atoms with Gasteiger partial charge in [0, 0.05) is 27.8 Å². The SMILES string of the molecule is CCCNS(=O)(=O)Sc1cccc(C(N)=O)c1. The molecule has 0 aliphatic rings. The first kappa shape index (κ1) is 14.0. The molecule has 1 rings (SSSR count). The van der Waals surface area contributed by atoms with Crippen LogP contribution in [0.2, 0.25) is 0 Å². The second-order valence-electron chi connectivity index (χ2n) is 3.32. The van der Waals surface area contributed by atoms with Gasteiger partial charge in [-0.1, -0.05) is 13.0 Å². The molecule has 0 radical (unpaired) electrons. The van der Waals surface area contributed by atoms with Crippen LogP contribution < -0.4 is 10.5 Å². The standard InChI is InChI=1S/C10H14N2O3S2/c1-2-6-12-17(14,15)16-9-5-3-4-8(7-9)10(11)13/h3-5,7,12H,2,6H2,1H3,(H2,11,13). The Hall–Kier alpha value is -1.05. The summed E-state index contributed by atoms with van der Waals surface area (Å²) in [6.45, 7) is 2.27. The van der Waals surface area contributed by atoms with Gasteiger partial charge in [-0.3, -0.25) is 4.79 Å². The lowest BCUT2D eigenvalue weighted by atomic mass is 10.2. The van der Waals surface area contributed by atoms with E-state index in [-0.39, 0.29) is 0 Å². The Kier molecular flexibility index (Phi) is 4.98. The van der Waals surface area contributed by atoms with E-state index in [2.05, 4.69) is 4.72 Å². The third-order valence-electron chi connectivity index (χ3n) is 1.85. The molecule has 1 aromatic carbocycles. The second-order valence-corrected chi connectivity index (χ2v) is 6.98. The molecule has 1 aromatic rings. The van der Waals surface area contributed by atoms with E-state index in [1.165, 1.54) is 6.07 Å². The Morgan fingerprint density at radius 2 is 2.18 bits per heavy atom. The van der Waals surface area contributed by atoms with Crippen LogP contribution >= 0.6 is 10.8 Å². The molecule has 0 unspecified atom stereocenters. The molecule has 0 saturated carbocycles. The minimum atomic E-state index is -3.42. The van der Waals surface area contributed by atoms with Crippen LogP contribution in [-0.4, -0.2) is 20.9 Å². The highest BCUT2D eigenvalue weighted by Crippen LogP contribution is 2.24. The maximum Gasteiger partial charge on any atom is 0.269 e. The van der Waals surface area contributed by atoms with E-state index in [1.807, 2.05) is 6.92 Å². The molecule has 0 aliphatic heterocycles. The molecule has 0 aliphatic carbocycles. The lowest BCUT2D eigenvalue weighted by molar-refractivity contribution is 0.1000. The van der Waals surface area contributed by atoms with Crippen molar-refractivity contribution in [3.8, 4) is 0 Å². The Morgan fingerprint density at radius 1 is 1.47 bits per heavy atom. The summed E-state index contributed by atoms with van der Waals surface area (Å²) < 4.78 is 25.6. The molecule has 1 amide bonds. The number of rotatable bonds is 6. The molecule has 0 saturated heterocycles. The molecule has 0 heterocycles. The molecule has 0 spiro atoms. The van der Waals surface area contributed by atoms with E-state index < -0.39 is 15.0 Å². The molecule has 0 aromatic heterocycles. The minimum absolute atomic E-state index is 0.292. The lowest BCUT2D eigenvalue weighted by Gasteiger charge is -2.05. The normalized spacial score (nSPS) is 11.4. The van der Waals surface area contributed by atoms with Gasteiger partial charge < -0.3 is 5.73 Å². The number of nitrogens with two attached hydrogens (primary N) is 1. The highest BCUT2D eigenvalue weighted by Gasteiger charge is 2.12. The van der Waals surface area contributed by atoms with E-state index in [4.69, 9.17) is 5.73 Å². The van der Waals surface area contributed by atoms with Gasteiger partial charge in [-0.25, -0.2) is 13.1 Å². The van der Waals surface area contributed by atoms with Crippen molar-refractivity contribution in [3.05, 3.63) is 29.8 Å². The summed E-state index contributed by atoms with van der Waals surface area (Å²) >= 11 is 0.